The van der Waals surface area contributed by atoms with Gasteiger partial charge in [0.2, 0.25) is 6.79 Å². The number of benzene rings is 2. The summed E-state index contributed by atoms with van der Waals surface area (Å²) in [6.45, 7) is 6.47. The van der Waals surface area contributed by atoms with Crippen molar-refractivity contribution in [1.82, 2.24) is 14.5 Å². The molecule has 146 valence electrons. The van der Waals surface area contributed by atoms with E-state index in [1.807, 2.05) is 23.1 Å². The number of amides is 1. The van der Waals surface area contributed by atoms with Crippen LogP contribution in [-0.4, -0.2) is 33.7 Å². The largest absolute Gasteiger partial charge is 0.454 e. The number of imidazole rings is 1. The maximum absolute atomic E-state index is 13.2. The Labute approximate surface area is 164 Å². The van der Waals surface area contributed by atoms with Crippen molar-refractivity contribution in [2.75, 3.05) is 13.3 Å². The molecule has 1 aliphatic rings. The Morgan fingerprint density at radius 1 is 1.11 bits per heavy atom. The summed E-state index contributed by atoms with van der Waals surface area (Å²) < 4.78 is 13.0. The van der Waals surface area contributed by atoms with E-state index < -0.39 is 0 Å². The van der Waals surface area contributed by atoms with Gasteiger partial charge in [-0.05, 0) is 43.2 Å². The van der Waals surface area contributed by atoms with Gasteiger partial charge < -0.3 is 18.9 Å². The summed E-state index contributed by atoms with van der Waals surface area (Å²) in [4.78, 5) is 19.9. The highest BCUT2D eigenvalue weighted by Crippen LogP contribution is 2.33. The molecule has 0 atom stereocenters. The van der Waals surface area contributed by atoms with Crippen molar-refractivity contribution in [2.45, 2.75) is 39.8 Å². The van der Waals surface area contributed by atoms with Gasteiger partial charge in [0.1, 0.15) is 5.82 Å². The molecule has 0 bridgehead atoms. The minimum absolute atomic E-state index is 0.0183. The van der Waals surface area contributed by atoms with Crippen LogP contribution in [0.4, 0.5) is 0 Å². The summed E-state index contributed by atoms with van der Waals surface area (Å²) in [7, 11) is 0. The molecule has 1 aliphatic heterocycles. The Morgan fingerprint density at radius 2 is 1.93 bits per heavy atom. The van der Waals surface area contributed by atoms with Crippen LogP contribution in [0.3, 0.4) is 0 Å². The maximum Gasteiger partial charge on any atom is 0.254 e. The fraction of sp³-hybridized carbons (Fsp3) is 0.364. The van der Waals surface area contributed by atoms with Crippen LogP contribution in [0.25, 0.3) is 11.0 Å². The lowest BCUT2D eigenvalue weighted by molar-refractivity contribution is 0.0737. The van der Waals surface area contributed by atoms with E-state index in [-0.39, 0.29) is 12.7 Å². The van der Waals surface area contributed by atoms with E-state index in [2.05, 4.69) is 24.5 Å². The topological polar surface area (TPSA) is 56.6 Å². The lowest BCUT2D eigenvalue weighted by Crippen LogP contribution is -2.32. The molecule has 2 heterocycles. The number of carbonyl (C=O) groups is 1. The van der Waals surface area contributed by atoms with Crippen molar-refractivity contribution in [3.05, 3.63) is 53.9 Å². The Bertz CT molecular complexity index is 996. The quantitative estimate of drug-likeness (QED) is 0.616. The summed E-state index contributed by atoms with van der Waals surface area (Å²) >= 11 is 0. The zero-order chi connectivity index (χ0) is 19.5. The molecular formula is C22H25N3O3. The zero-order valence-electron chi connectivity index (χ0n) is 16.4. The number of hydrogen-bond donors (Lipinski definition) is 0. The monoisotopic (exact) mass is 379 g/mol. The second-order valence-corrected chi connectivity index (χ2v) is 6.96. The van der Waals surface area contributed by atoms with E-state index in [0.717, 1.165) is 36.2 Å². The van der Waals surface area contributed by atoms with Crippen molar-refractivity contribution < 1.29 is 14.3 Å². The van der Waals surface area contributed by atoms with Gasteiger partial charge in [0.25, 0.3) is 5.91 Å². The molecule has 0 radical (unpaired) electrons. The number of hydrogen-bond acceptors (Lipinski definition) is 4. The lowest BCUT2D eigenvalue weighted by atomic mass is 10.1. The third-order valence-corrected chi connectivity index (χ3v) is 4.91. The summed E-state index contributed by atoms with van der Waals surface area (Å²) in [6.07, 6.45) is 1.89. The molecule has 0 saturated carbocycles. The smallest absolute Gasteiger partial charge is 0.254 e. The van der Waals surface area contributed by atoms with Gasteiger partial charge in [0.05, 0.1) is 17.6 Å². The van der Waals surface area contributed by atoms with Gasteiger partial charge in [-0.15, -0.1) is 0 Å². The Morgan fingerprint density at radius 3 is 2.75 bits per heavy atom. The first-order chi connectivity index (χ1) is 13.7. The van der Waals surface area contributed by atoms with Crippen LogP contribution in [0.2, 0.25) is 0 Å². The van der Waals surface area contributed by atoms with Crippen LogP contribution < -0.4 is 9.47 Å². The van der Waals surface area contributed by atoms with E-state index >= 15 is 0 Å². The van der Waals surface area contributed by atoms with E-state index in [1.165, 1.54) is 0 Å². The first kappa shape index (κ1) is 18.3. The molecular weight excluding hydrogens is 354 g/mol. The molecule has 1 amide bonds. The number of para-hydroxylation sites is 2. The number of carbonyl (C=O) groups excluding carboxylic acids is 1. The maximum atomic E-state index is 13.2. The van der Waals surface area contributed by atoms with Gasteiger partial charge in [-0.2, -0.15) is 0 Å². The van der Waals surface area contributed by atoms with Gasteiger partial charge in [-0.3, -0.25) is 4.79 Å². The number of ether oxygens (including phenoxy) is 2. The zero-order valence-corrected chi connectivity index (χ0v) is 16.4. The third-order valence-electron chi connectivity index (χ3n) is 4.91. The number of aromatic nitrogens is 2. The van der Waals surface area contributed by atoms with Crippen molar-refractivity contribution in [3.8, 4) is 11.5 Å². The molecule has 6 heteroatoms. The van der Waals surface area contributed by atoms with Gasteiger partial charge >= 0.3 is 0 Å². The first-order valence-electron chi connectivity index (χ1n) is 9.84. The van der Waals surface area contributed by atoms with Crippen LogP contribution in [0, 0.1) is 0 Å². The fourth-order valence-electron chi connectivity index (χ4n) is 3.62. The average Bonchev–Trinajstić information content (AvgIpc) is 3.31. The molecule has 28 heavy (non-hydrogen) atoms. The molecule has 0 aliphatic carbocycles. The number of rotatable bonds is 7. The second-order valence-electron chi connectivity index (χ2n) is 6.96. The minimum atomic E-state index is -0.0183. The van der Waals surface area contributed by atoms with Gasteiger partial charge in [-0.25, -0.2) is 4.98 Å². The predicted octanol–water partition coefficient (Wildman–Crippen LogP) is 4.23. The van der Waals surface area contributed by atoms with Crippen molar-refractivity contribution in [1.29, 1.82) is 0 Å². The highest BCUT2D eigenvalue weighted by Gasteiger charge is 2.22. The summed E-state index contributed by atoms with van der Waals surface area (Å²) in [5.74, 6) is 2.21. The van der Waals surface area contributed by atoms with E-state index in [9.17, 15) is 4.79 Å². The molecule has 4 rings (SSSR count). The summed E-state index contributed by atoms with van der Waals surface area (Å²) in [5.41, 5.74) is 2.69. The highest BCUT2D eigenvalue weighted by molar-refractivity contribution is 5.95. The first-order valence-corrected chi connectivity index (χ1v) is 9.84. The van der Waals surface area contributed by atoms with E-state index in [1.54, 1.807) is 18.2 Å². The van der Waals surface area contributed by atoms with Crippen molar-refractivity contribution >= 4 is 16.9 Å². The summed E-state index contributed by atoms with van der Waals surface area (Å²) in [5, 5.41) is 0. The molecule has 0 unspecified atom stereocenters. The van der Waals surface area contributed by atoms with Gasteiger partial charge in [0.15, 0.2) is 11.5 Å². The summed E-state index contributed by atoms with van der Waals surface area (Å²) in [6, 6.07) is 13.5. The predicted molar refractivity (Wildman–Crippen MR) is 108 cm³/mol. The highest BCUT2D eigenvalue weighted by atomic mass is 16.7. The van der Waals surface area contributed by atoms with E-state index in [4.69, 9.17) is 14.5 Å². The molecule has 6 nitrogen and oxygen atoms in total. The van der Waals surface area contributed by atoms with Crippen molar-refractivity contribution in [2.24, 2.45) is 0 Å². The molecule has 3 aromatic rings. The lowest BCUT2D eigenvalue weighted by Gasteiger charge is -2.22. The average molecular weight is 379 g/mol. The Hall–Kier alpha value is -3.02. The number of nitrogens with zero attached hydrogens (tertiary/aromatic N) is 3. The van der Waals surface area contributed by atoms with Crippen LogP contribution in [-0.2, 0) is 13.1 Å². The third kappa shape index (κ3) is 3.42. The van der Waals surface area contributed by atoms with Crippen LogP contribution in [0.15, 0.2) is 42.5 Å². The molecule has 0 spiro atoms. The second kappa shape index (κ2) is 7.92. The molecule has 0 fully saturated rings. The Balaban J connectivity index is 1.64. The normalized spacial score (nSPS) is 12.5. The SMILES string of the molecule is CCCN(Cc1nc2ccccc2n1CCC)C(=O)c1ccc2c(c1)OCO2. The number of fused-ring (bicyclic) bond motifs is 2. The van der Waals surface area contributed by atoms with Crippen molar-refractivity contribution in [3.63, 3.8) is 0 Å². The van der Waals surface area contributed by atoms with Crippen LogP contribution in [0.1, 0.15) is 42.9 Å². The fourth-order valence-corrected chi connectivity index (χ4v) is 3.62. The van der Waals surface area contributed by atoms with Gasteiger partial charge in [-0.1, -0.05) is 26.0 Å². The van der Waals surface area contributed by atoms with Crippen LogP contribution >= 0.6 is 0 Å². The van der Waals surface area contributed by atoms with Gasteiger partial charge in [0, 0.05) is 18.7 Å². The minimum Gasteiger partial charge on any atom is -0.454 e. The molecule has 2 aromatic carbocycles. The standard InChI is InChI=1S/C22H25N3O3/c1-3-11-24(22(26)16-9-10-19-20(13-16)28-15-27-19)14-21-23-17-7-5-6-8-18(17)25(21)12-4-2/h5-10,13H,3-4,11-12,14-15H2,1-2H3. The van der Waals surface area contributed by atoms with E-state index in [0.29, 0.717) is 30.2 Å². The van der Waals surface area contributed by atoms with Crippen LogP contribution in [0.5, 0.6) is 11.5 Å². The Kier molecular flexibility index (Phi) is 5.19. The molecule has 1 aromatic heterocycles. The molecule has 0 N–H and O–H groups in total. The molecule has 0 saturated heterocycles. The number of aryl methyl sites for hydroxylation is 1.